The summed E-state index contributed by atoms with van der Waals surface area (Å²) in [6.07, 6.45) is 5.57. The molecule has 36 heavy (non-hydrogen) atoms. The summed E-state index contributed by atoms with van der Waals surface area (Å²) < 4.78 is 6.61. The molecule has 6 atom stereocenters. The molecule has 1 amide bonds. The van der Waals surface area contributed by atoms with Crippen LogP contribution in [0.1, 0.15) is 49.7 Å². The number of rotatable bonds is 5. The summed E-state index contributed by atoms with van der Waals surface area (Å²) in [6, 6.07) is 13.2. The molecular formula is C29H33N3O4. The van der Waals surface area contributed by atoms with E-state index in [9.17, 15) is 15.0 Å². The third-order valence-corrected chi connectivity index (χ3v) is 10.4. The van der Waals surface area contributed by atoms with Crippen LogP contribution >= 0.6 is 0 Å². The van der Waals surface area contributed by atoms with Crippen molar-refractivity contribution in [1.82, 2.24) is 10.2 Å². The molecule has 3 aliphatic carbocycles. The first-order valence-electron chi connectivity index (χ1n) is 13.6. The van der Waals surface area contributed by atoms with E-state index in [1.165, 1.54) is 18.4 Å². The molecule has 2 aromatic carbocycles. The number of piperidine rings is 3. The number of aliphatic hydroxyl groups is 1. The van der Waals surface area contributed by atoms with Gasteiger partial charge < -0.3 is 25.6 Å². The second-order valence-corrected chi connectivity index (χ2v) is 12.1. The number of nitrogens with one attached hydrogen (secondary N) is 2. The Labute approximate surface area is 210 Å². The Hall–Kier alpha value is -2.61. The van der Waals surface area contributed by atoms with Gasteiger partial charge in [-0.15, -0.1) is 0 Å². The standard InChI is InChI=1S/C29H33N3O4/c33-20-9-8-18-14-22-29-11-10-28(35,21(31-29)15-23(34)30-19-4-2-1-3-5-19)26-27(29,24(18)25(20)36-26)12-13-32(22)16-17-6-7-17/h1-5,8-9,17,21-22,26,31,33,35H,6-7,10-16H2,(H,30,34)/t21-,22+,26+,27-,28+,29+/m0/s1. The van der Waals surface area contributed by atoms with Crippen molar-refractivity contribution in [3.8, 4) is 11.5 Å². The molecular weight excluding hydrogens is 454 g/mol. The SMILES string of the molecule is O=C(C[C@@H]1N[C@@]23CC[C@]1(O)[C@@H]1Oc4c(O)ccc5c4[C@@]12CCN(CC1CC1)[C@@H]3C5)Nc1ccccc1. The number of para-hydroxylation sites is 1. The molecule has 4 heterocycles. The average Bonchev–Trinajstić information content (AvgIpc) is 3.60. The van der Waals surface area contributed by atoms with Crippen LogP contribution in [0.5, 0.6) is 11.5 Å². The fourth-order valence-electron chi connectivity index (χ4n) is 8.81. The molecule has 188 valence electrons. The molecule has 7 aliphatic rings. The number of benzene rings is 2. The number of nitrogens with zero attached hydrogens (tertiary/aromatic N) is 1. The summed E-state index contributed by atoms with van der Waals surface area (Å²) in [5.41, 5.74) is 1.25. The van der Waals surface area contributed by atoms with E-state index in [-0.39, 0.29) is 29.7 Å². The van der Waals surface area contributed by atoms with Gasteiger partial charge in [0.1, 0.15) is 11.7 Å². The Morgan fingerprint density at radius 1 is 1.14 bits per heavy atom. The number of amides is 1. The maximum atomic E-state index is 13.2. The summed E-state index contributed by atoms with van der Waals surface area (Å²) in [5, 5.41) is 30.1. The van der Waals surface area contributed by atoms with E-state index >= 15 is 0 Å². The van der Waals surface area contributed by atoms with Crippen LogP contribution in [0.25, 0.3) is 0 Å². The number of carbonyl (C=O) groups is 1. The summed E-state index contributed by atoms with van der Waals surface area (Å²) in [7, 11) is 0. The van der Waals surface area contributed by atoms with Crippen LogP contribution in [0, 0.1) is 5.92 Å². The number of aromatic hydroxyl groups is 1. The highest BCUT2D eigenvalue weighted by atomic mass is 16.5. The zero-order chi connectivity index (χ0) is 24.3. The average molecular weight is 488 g/mol. The zero-order valence-corrected chi connectivity index (χ0v) is 20.4. The van der Waals surface area contributed by atoms with Crippen LogP contribution in [-0.2, 0) is 16.6 Å². The molecule has 9 rings (SSSR count). The van der Waals surface area contributed by atoms with Crippen LogP contribution in [0.3, 0.4) is 0 Å². The third kappa shape index (κ3) is 2.56. The lowest BCUT2D eigenvalue weighted by Crippen LogP contribution is -2.91. The Kier molecular flexibility index (Phi) is 4.19. The Balaban J connectivity index is 1.22. The van der Waals surface area contributed by atoms with Gasteiger partial charge in [-0.2, -0.15) is 0 Å². The van der Waals surface area contributed by atoms with Gasteiger partial charge in [0.15, 0.2) is 11.5 Å². The van der Waals surface area contributed by atoms with Crippen LogP contribution in [0.4, 0.5) is 5.69 Å². The van der Waals surface area contributed by atoms with Gasteiger partial charge in [0.2, 0.25) is 5.91 Å². The Bertz CT molecular complexity index is 1260. The topological polar surface area (TPSA) is 94.1 Å². The van der Waals surface area contributed by atoms with Crippen molar-refractivity contribution in [1.29, 1.82) is 0 Å². The molecule has 2 aromatic rings. The number of carbonyl (C=O) groups excluding carboxylic acids is 1. The van der Waals surface area contributed by atoms with Crippen molar-refractivity contribution in [3.63, 3.8) is 0 Å². The van der Waals surface area contributed by atoms with Gasteiger partial charge in [-0.05, 0) is 74.8 Å². The van der Waals surface area contributed by atoms with E-state index in [1.807, 2.05) is 30.3 Å². The number of fused-ring (bicyclic) bond motifs is 2. The molecule has 7 nitrogen and oxygen atoms in total. The molecule has 4 bridgehead atoms. The van der Waals surface area contributed by atoms with E-state index < -0.39 is 23.2 Å². The molecule has 3 saturated heterocycles. The molecule has 4 N–H and O–H groups in total. The van der Waals surface area contributed by atoms with E-state index in [0.717, 1.165) is 49.5 Å². The fourth-order valence-corrected chi connectivity index (χ4v) is 8.81. The highest BCUT2D eigenvalue weighted by molar-refractivity contribution is 5.91. The fraction of sp³-hybridized carbons (Fsp3) is 0.552. The first kappa shape index (κ1) is 21.5. The van der Waals surface area contributed by atoms with Gasteiger partial charge in [-0.3, -0.25) is 9.69 Å². The van der Waals surface area contributed by atoms with Crippen LogP contribution in [0.2, 0.25) is 0 Å². The predicted octanol–water partition coefficient (Wildman–Crippen LogP) is 2.70. The Morgan fingerprint density at radius 2 is 1.97 bits per heavy atom. The lowest BCUT2D eigenvalue weighted by atomic mass is 9.41. The van der Waals surface area contributed by atoms with Crippen molar-refractivity contribution in [2.75, 3.05) is 18.4 Å². The number of phenols is 1. The molecule has 2 saturated carbocycles. The van der Waals surface area contributed by atoms with Crippen LogP contribution in [-0.4, -0.2) is 63.4 Å². The normalized spacial score (nSPS) is 39.4. The van der Waals surface area contributed by atoms with Gasteiger partial charge in [-0.1, -0.05) is 24.3 Å². The quantitative estimate of drug-likeness (QED) is 0.518. The van der Waals surface area contributed by atoms with Crippen LogP contribution in [0.15, 0.2) is 42.5 Å². The summed E-state index contributed by atoms with van der Waals surface area (Å²) >= 11 is 0. The molecule has 4 aliphatic heterocycles. The number of phenolic OH excluding ortho intramolecular Hbond substituents is 1. The summed E-state index contributed by atoms with van der Waals surface area (Å²) in [4.78, 5) is 15.9. The molecule has 2 spiro atoms. The number of hydrogen-bond acceptors (Lipinski definition) is 6. The van der Waals surface area contributed by atoms with Crippen molar-refractivity contribution in [3.05, 3.63) is 53.6 Å². The largest absolute Gasteiger partial charge is 0.504 e. The summed E-state index contributed by atoms with van der Waals surface area (Å²) in [6.45, 7) is 2.10. The van der Waals surface area contributed by atoms with E-state index in [1.54, 1.807) is 6.07 Å². The minimum absolute atomic E-state index is 0.111. The Morgan fingerprint density at radius 3 is 2.78 bits per heavy atom. The monoisotopic (exact) mass is 487 g/mol. The van der Waals surface area contributed by atoms with Gasteiger partial charge in [0.05, 0.1) is 5.41 Å². The number of hydrogen-bond donors (Lipinski definition) is 4. The highest BCUT2D eigenvalue weighted by Crippen LogP contribution is 2.69. The predicted molar refractivity (Wildman–Crippen MR) is 134 cm³/mol. The van der Waals surface area contributed by atoms with Crippen molar-refractivity contribution >= 4 is 11.6 Å². The second kappa shape index (κ2) is 7.03. The zero-order valence-electron chi connectivity index (χ0n) is 20.4. The molecule has 0 radical (unpaired) electrons. The third-order valence-electron chi connectivity index (χ3n) is 10.4. The second-order valence-electron chi connectivity index (χ2n) is 12.1. The molecule has 5 fully saturated rings. The maximum Gasteiger partial charge on any atom is 0.226 e. The number of anilines is 1. The number of likely N-dealkylation sites (tertiary alicyclic amines) is 1. The van der Waals surface area contributed by atoms with Crippen molar-refractivity contribution in [2.45, 2.75) is 79.7 Å². The van der Waals surface area contributed by atoms with Gasteiger partial charge in [0, 0.05) is 41.8 Å². The van der Waals surface area contributed by atoms with Crippen LogP contribution < -0.4 is 15.4 Å². The minimum Gasteiger partial charge on any atom is -0.504 e. The lowest BCUT2D eigenvalue weighted by Gasteiger charge is -2.73. The molecule has 0 unspecified atom stereocenters. The smallest absolute Gasteiger partial charge is 0.226 e. The van der Waals surface area contributed by atoms with Crippen molar-refractivity contribution < 1.29 is 19.7 Å². The first-order valence-corrected chi connectivity index (χ1v) is 13.6. The lowest BCUT2D eigenvalue weighted by molar-refractivity contribution is -0.233. The van der Waals surface area contributed by atoms with E-state index in [0.29, 0.717) is 12.2 Å². The van der Waals surface area contributed by atoms with Crippen molar-refractivity contribution in [2.24, 2.45) is 5.92 Å². The van der Waals surface area contributed by atoms with E-state index in [2.05, 4.69) is 21.6 Å². The summed E-state index contributed by atoms with van der Waals surface area (Å²) in [5.74, 6) is 1.40. The minimum atomic E-state index is -1.20. The maximum absolute atomic E-state index is 13.2. The number of ether oxygens (including phenoxy) is 1. The molecule has 0 aromatic heterocycles. The van der Waals surface area contributed by atoms with Gasteiger partial charge >= 0.3 is 0 Å². The highest BCUT2D eigenvalue weighted by Gasteiger charge is 2.80. The first-order chi connectivity index (χ1) is 17.4. The van der Waals surface area contributed by atoms with Gasteiger partial charge in [-0.25, -0.2) is 0 Å². The molecule has 7 heteroatoms. The van der Waals surface area contributed by atoms with E-state index in [4.69, 9.17) is 4.74 Å². The van der Waals surface area contributed by atoms with Gasteiger partial charge in [0.25, 0.3) is 0 Å².